The third kappa shape index (κ3) is 2.53. The van der Waals surface area contributed by atoms with E-state index in [1.807, 2.05) is 0 Å². The first-order valence-corrected chi connectivity index (χ1v) is 6.89. The molecule has 94 valence electrons. The fourth-order valence-corrected chi connectivity index (χ4v) is 3.26. The maximum Gasteiger partial charge on any atom is 0.244 e. The van der Waals surface area contributed by atoms with Crippen molar-refractivity contribution in [1.29, 1.82) is 0 Å². The molecule has 1 aromatic rings. The van der Waals surface area contributed by atoms with E-state index in [4.69, 9.17) is 10.5 Å². The van der Waals surface area contributed by atoms with Crippen LogP contribution in [-0.2, 0) is 10.0 Å². The van der Waals surface area contributed by atoms with Gasteiger partial charge in [0.2, 0.25) is 10.0 Å². The van der Waals surface area contributed by atoms with Gasteiger partial charge in [-0.2, -0.15) is 0 Å². The molecule has 0 saturated heterocycles. The van der Waals surface area contributed by atoms with E-state index in [-0.39, 0.29) is 16.7 Å². The zero-order valence-corrected chi connectivity index (χ0v) is 10.7. The molecular weight excluding hydrogens is 240 g/mol. The maximum atomic E-state index is 12.1. The van der Waals surface area contributed by atoms with Crippen molar-refractivity contribution in [3.05, 3.63) is 17.7 Å². The molecule has 1 aliphatic rings. The van der Waals surface area contributed by atoms with Gasteiger partial charge in [-0.15, -0.1) is 0 Å². The molecule has 0 spiro atoms. The molecule has 0 atom stereocenters. The summed E-state index contributed by atoms with van der Waals surface area (Å²) in [7, 11) is -2.13. The summed E-state index contributed by atoms with van der Waals surface area (Å²) in [6.07, 6.45) is 1.78. The van der Waals surface area contributed by atoms with E-state index < -0.39 is 10.0 Å². The largest absolute Gasteiger partial charge is 0.493 e. The third-order valence-corrected chi connectivity index (χ3v) is 4.15. The molecule has 0 aromatic heterocycles. The van der Waals surface area contributed by atoms with Crippen molar-refractivity contribution in [3.8, 4) is 5.75 Å². The summed E-state index contributed by atoms with van der Waals surface area (Å²) in [5.41, 5.74) is 6.89. The molecule has 2 rings (SSSR count). The van der Waals surface area contributed by atoms with Crippen molar-refractivity contribution in [2.75, 3.05) is 12.8 Å². The lowest BCUT2D eigenvalue weighted by molar-refractivity contribution is 0.404. The van der Waals surface area contributed by atoms with Crippen LogP contribution in [0.1, 0.15) is 18.4 Å². The van der Waals surface area contributed by atoms with Gasteiger partial charge in [0.05, 0.1) is 12.8 Å². The number of sulfonamides is 1. The Bertz CT molecular complexity index is 536. The molecule has 1 aliphatic carbocycles. The molecule has 6 heteroatoms. The highest BCUT2D eigenvalue weighted by Crippen LogP contribution is 2.32. The first kappa shape index (κ1) is 12.2. The molecule has 0 radical (unpaired) electrons. The number of rotatable bonds is 4. The van der Waals surface area contributed by atoms with Gasteiger partial charge in [0.15, 0.2) is 5.75 Å². The minimum Gasteiger partial charge on any atom is -0.493 e. The second-order valence-corrected chi connectivity index (χ2v) is 5.96. The smallest absolute Gasteiger partial charge is 0.244 e. The van der Waals surface area contributed by atoms with E-state index in [2.05, 4.69) is 4.72 Å². The zero-order valence-electron chi connectivity index (χ0n) is 9.86. The van der Waals surface area contributed by atoms with E-state index in [9.17, 15) is 8.42 Å². The average molecular weight is 256 g/mol. The summed E-state index contributed by atoms with van der Waals surface area (Å²) in [4.78, 5) is 0.115. The van der Waals surface area contributed by atoms with Gasteiger partial charge in [-0.3, -0.25) is 0 Å². The fourth-order valence-electron chi connectivity index (χ4n) is 1.67. The third-order valence-electron chi connectivity index (χ3n) is 2.62. The Morgan fingerprint density at radius 1 is 1.41 bits per heavy atom. The number of nitrogens with two attached hydrogens (primary N) is 1. The standard InChI is InChI=1S/C11H16N2O3S/c1-7-5-9(12)11(16-2)10(6-7)17(14,15)13-8-3-4-8/h5-6,8,13H,3-4,12H2,1-2H3. The summed E-state index contributed by atoms with van der Waals surface area (Å²) in [5, 5.41) is 0. The van der Waals surface area contributed by atoms with Crippen LogP contribution in [0.4, 0.5) is 5.69 Å². The van der Waals surface area contributed by atoms with Crippen molar-refractivity contribution < 1.29 is 13.2 Å². The van der Waals surface area contributed by atoms with Crippen LogP contribution in [0.3, 0.4) is 0 Å². The summed E-state index contributed by atoms with van der Waals surface area (Å²) in [5.74, 6) is 0.212. The Morgan fingerprint density at radius 3 is 2.59 bits per heavy atom. The SMILES string of the molecule is COc1c(N)cc(C)cc1S(=O)(=O)NC1CC1. The highest BCUT2D eigenvalue weighted by molar-refractivity contribution is 7.89. The number of hydrogen-bond donors (Lipinski definition) is 2. The Morgan fingerprint density at radius 2 is 2.06 bits per heavy atom. The van der Waals surface area contributed by atoms with E-state index >= 15 is 0 Å². The zero-order chi connectivity index (χ0) is 12.6. The molecule has 5 nitrogen and oxygen atoms in total. The molecule has 0 aliphatic heterocycles. The number of anilines is 1. The minimum atomic E-state index is -3.54. The van der Waals surface area contributed by atoms with Crippen molar-refractivity contribution in [3.63, 3.8) is 0 Å². The highest BCUT2D eigenvalue weighted by atomic mass is 32.2. The predicted octanol–water partition coefficient (Wildman–Crippen LogP) is 1.03. The molecular formula is C11H16N2O3S. The number of methoxy groups -OCH3 is 1. The van der Waals surface area contributed by atoms with Gasteiger partial charge in [0.1, 0.15) is 4.90 Å². The lowest BCUT2D eigenvalue weighted by atomic mass is 10.2. The summed E-state index contributed by atoms with van der Waals surface area (Å²) in [6.45, 7) is 1.80. The number of nitrogen functional groups attached to an aromatic ring is 1. The van der Waals surface area contributed by atoms with Crippen LogP contribution in [0.2, 0.25) is 0 Å². The second kappa shape index (κ2) is 4.19. The second-order valence-electron chi connectivity index (χ2n) is 4.28. The van der Waals surface area contributed by atoms with Crippen LogP contribution in [-0.4, -0.2) is 21.6 Å². The number of nitrogens with one attached hydrogen (secondary N) is 1. The van der Waals surface area contributed by atoms with Crippen molar-refractivity contribution in [1.82, 2.24) is 4.72 Å². The monoisotopic (exact) mass is 256 g/mol. The van der Waals surface area contributed by atoms with Gasteiger partial charge in [-0.05, 0) is 37.5 Å². The van der Waals surface area contributed by atoms with Crippen LogP contribution in [0.5, 0.6) is 5.75 Å². The number of ether oxygens (including phenoxy) is 1. The molecule has 0 amide bonds. The van der Waals surface area contributed by atoms with Crippen molar-refractivity contribution >= 4 is 15.7 Å². The molecule has 0 unspecified atom stereocenters. The van der Waals surface area contributed by atoms with E-state index in [0.717, 1.165) is 18.4 Å². The van der Waals surface area contributed by atoms with Crippen LogP contribution in [0.15, 0.2) is 17.0 Å². The van der Waals surface area contributed by atoms with Gasteiger partial charge in [-0.25, -0.2) is 13.1 Å². The van der Waals surface area contributed by atoms with Crippen molar-refractivity contribution in [2.45, 2.75) is 30.7 Å². The van der Waals surface area contributed by atoms with Gasteiger partial charge < -0.3 is 10.5 Å². The Kier molecular flexibility index (Phi) is 3.01. The molecule has 1 fully saturated rings. The molecule has 1 aromatic carbocycles. The summed E-state index contributed by atoms with van der Waals surface area (Å²) < 4.78 is 31.9. The first-order chi connectivity index (χ1) is 7.94. The minimum absolute atomic E-state index is 0.0615. The van der Waals surface area contributed by atoms with E-state index in [1.165, 1.54) is 7.11 Å². The van der Waals surface area contributed by atoms with Gasteiger partial charge in [0.25, 0.3) is 0 Å². The average Bonchev–Trinajstić information content (AvgIpc) is 3.00. The van der Waals surface area contributed by atoms with Crippen LogP contribution in [0, 0.1) is 6.92 Å². The normalized spacial score (nSPS) is 15.9. The van der Waals surface area contributed by atoms with Crippen molar-refractivity contribution in [2.24, 2.45) is 0 Å². The Balaban J connectivity index is 2.48. The van der Waals surface area contributed by atoms with Gasteiger partial charge >= 0.3 is 0 Å². The van der Waals surface area contributed by atoms with Gasteiger partial charge in [-0.1, -0.05) is 0 Å². The number of benzene rings is 1. The molecule has 1 saturated carbocycles. The first-order valence-electron chi connectivity index (χ1n) is 5.40. The number of aryl methyl sites for hydroxylation is 1. The summed E-state index contributed by atoms with van der Waals surface area (Å²) in [6, 6.07) is 3.32. The quantitative estimate of drug-likeness (QED) is 0.788. The fraction of sp³-hybridized carbons (Fsp3) is 0.455. The molecule has 17 heavy (non-hydrogen) atoms. The lowest BCUT2D eigenvalue weighted by Gasteiger charge is -2.13. The lowest BCUT2D eigenvalue weighted by Crippen LogP contribution is -2.26. The molecule has 0 bridgehead atoms. The Hall–Kier alpha value is -1.27. The highest BCUT2D eigenvalue weighted by Gasteiger charge is 2.30. The van der Waals surface area contributed by atoms with Crippen LogP contribution >= 0.6 is 0 Å². The van der Waals surface area contributed by atoms with Crippen LogP contribution < -0.4 is 15.2 Å². The van der Waals surface area contributed by atoms with Gasteiger partial charge in [0, 0.05) is 6.04 Å². The summed E-state index contributed by atoms with van der Waals surface area (Å²) >= 11 is 0. The Labute approximate surface area is 101 Å². The van der Waals surface area contributed by atoms with E-state index in [0.29, 0.717) is 5.69 Å². The number of hydrogen-bond acceptors (Lipinski definition) is 4. The molecule has 0 heterocycles. The van der Waals surface area contributed by atoms with E-state index in [1.54, 1.807) is 19.1 Å². The topological polar surface area (TPSA) is 81.4 Å². The predicted molar refractivity (Wildman–Crippen MR) is 65.5 cm³/mol. The maximum absolute atomic E-state index is 12.1. The van der Waals surface area contributed by atoms with Crippen LogP contribution in [0.25, 0.3) is 0 Å². The molecule has 3 N–H and O–H groups in total.